The third-order valence-electron chi connectivity index (χ3n) is 4.71. The van der Waals surface area contributed by atoms with Crippen molar-refractivity contribution in [3.8, 4) is 0 Å². The SMILES string of the molecule is c1ccc2c(N3CCC4NCCCC4C3)ncnc2c1. The van der Waals surface area contributed by atoms with Gasteiger partial charge in [-0.25, -0.2) is 9.97 Å². The summed E-state index contributed by atoms with van der Waals surface area (Å²) >= 11 is 0. The molecule has 0 bridgehead atoms. The second-order valence-corrected chi connectivity index (χ2v) is 5.91. The van der Waals surface area contributed by atoms with Gasteiger partial charge in [0.15, 0.2) is 0 Å². The molecule has 2 fully saturated rings. The first-order valence-electron chi connectivity index (χ1n) is 7.60. The maximum absolute atomic E-state index is 4.56. The Hall–Kier alpha value is -1.68. The van der Waals surface area contributed by atoms with Gasteiger partial charge in [-0.1, -0.05) is 12.1 Å². The number of rotatable bonds is 1. The summed E-state index contributed by atoms with van der Waals surface area (Å²) in [6.45, 7) is 3.41. The van der Waals surface area contributed by atoms with Gasteiger partial charge in [0.05, 0.1) is 5.52 Å². The molecule has 20 heavy (non-hydrogen) atoms. The van der Waals surface area contributed by atoms with E-state index in [1.165, 1.54) is 31.2 Å². The van der Waals surface area contributed by atoms with Gasteiger partial charge in [-0.15, -0.1) is 0 Å². The second-order valence-electron chi connectivity index (χ2n) is 5.91. The Morgan fingerprint density at radius 2 is 2.10 bits per heavy atom. The molecule has 2 atom stereocenters. The lowest BCUT2D eigenvalue weighted by atomic mass is 9.85. The zero-order valence-corrected chi connectivity index (χ0v) is 11.6. The number of nitrogens with one attached hydrogen (secondary N) is 1. The highest BCUT2D eigenvalue weighted by Gasteiger charge is 2.31. The molecule has 1 N–H and O–H groups in total. The van der Waals surface area contributed by atoms with Crippen molar-refractivity contribution < 1.29 is 0 Å². The van der Waals surface area contributed by atoms with E-state index in [2.05, 4.69) is 38.4 Å². The molecule has 4 heteroatoms. The standard InChI is InChI=1S/C16H20N4/c1-2-6-15-13(5-1)16(19-11-18-15)20-9-7-14-12(10-20)4-3-8-17-14/h1-2,5-6,11-12,14,17H,3-4,7-10H2. The Kier molecular flexibility index (Phi) is 3.03. The molecular formula is C16H20N4. The molecule has 2 aliphatic rings. The average Bonchev–Trinajstić information content (AvgIpc) is 2.54. The molecule has 0 amide bonds. The van der Waals surface area contributed by atoms with E-state index in [-0.39, 0.29) is 0 Å². The van der Waals surface area contributed by atoms with E-state index in [1.54, 1.807) is 6.33 Å². The van der Waals surface area contributed by atoms with E-state index in [4.69, 9.17) is 0 Å². The Bertz CT molecular complexity index is 607. The highest BCUT2D eigenvalue weighted by atomic mass is 15.2. The van der Waals surface area contributed by atoms with Gasteiger partial charge in [0.25, 0.3) is 0 Å². The summed E-state index contributed by atoms with van der Waals surface area (Å²) in [6, 6.07) is 9.03. The molecule has 0 radical (unpaired) electrons. The van der Waals surface area contributed by atoms with Crippen LogP contribution in [0.25, 0.3) is 10.9 Å². The van der Waals surface area contributed by atoms with Crippen LogP contribution in [0, 0.1) is 5.92 Å². The summed E-state index contributed by atoms with van der Waals surface area (Å²) in [5, 5.41) is 4.85. The van der Waals surface area contributed by atoms with E-state index in [9.17, 15) is 0 Å². The molecule has 4 rings (SSSR count). The minimum Gasteiger partial charge on any atom is -0.356 e. The van der Waals surface area contributed by atoms with Crippen molar-refractivity contribution in [1.29, 1.82) is 0 Å². The maximum atomic E-state index is 4.56. The fourth-order valence-electron chi connectivity index (χ4n) is 3.68. The minimum absolute atomic E-state index is 0.716. The maximum Gasteiger partial charge on any atom is 0.139 e. The predicted octanol–water partition coefficient (Wildman–Crippen LogP) is 2.21. The van der Waals surface area contributed by atoms with Crippen LogP contribution >= 0.6 is 0 Å². The molecule has 0 saturated carbocycles. The Morgan fingerprint density at radius 1 is 1.15 bits per heavy atom. The van der Waals surface area contributed by atoms with Gasteiger partial charge in [-0.3, -0.25) is 0 Å². The van der Waals surface area contributed by atoms with E-state index in [1.807, 2.05) is 6.07 Å². The Balaban J connectivity index is 1.66. The lowest BCUT2D eigenvalue weighted by molar-refractivity contribution is 0.244. The average molecular weight is 268 g/mol. The topological polar surface area (TPSA) is 41.0 Å². The summed E-state index contributed by atoms with van der Waals surface area (Å²) in [7, 11) is 0. The highest BCUT2D eigenvalue weighted by Crippen LogP contribution is 2.30. The lowest BCUT2D eigenvalue weighted by Gasteiger charge is -2.42. The fourth-order valence-corrected chi connectivity index (χ4v) is 3.68. The molecule has 3 heterocycles. The number of para-hydroxylation sites is 1. The summed E-state index contributed by atoms with van der Waals surface area (Å²) < 4.78 is 0. The third kappa shape index (κ3) is 2.04. The molecule has 2 aromatic rings. The van der Waals surface area contributed by atoms with Crippen LogP contribution in [-0.4, -0.2) is 35.6 Å². The van der Waals surface area contributed by atoms with E-state index >= 15 is 0 Å². The molecule has 2 saturated heterocycles. The number of nitrogens with zero attached hydrogens (tertiary/aromatic N) is 3. The highest BCUT2D eigenvalue weighted by molar-refractivity contribution is 5.89. The van der Waals surface area contributed by atoms with Gasteiger partial charge < -0.3 is 10.2 Å². The Morgan fingerprint density at radius 3 is 3.10 bits per heavy atom. The quantitative estimate of drug-likeness (QED) is 0.861. The van der Waals surface area contributed by atoms with Gasteiger partial charge >= 0.3 is 0 Å². The number of anilines is 1. The first-order chi connectivity index (χ1) is 9.92. The molecule has 2 unspecified atom stereocenters. The second kappa shape index (κ2) is 5.02. The van der Waals surface area contributed by atoms with Gasteiger partial charge in [-0.05, 0) is 43.9 Å². The van der Waals surface area contributed by atoms with Gasteiger partial charge in [0, 0.05) is 24.5 Å². The summed E-state index contributed by atoms with van der Waals surface area (Å²) in [6.07, 6.45) is 5.57. The van der Waals surface area contributed by atoms with Crippen molar-refractivity contribution in [1.82, 2.24) is 15.3 Å². The molecule has 1 aromatic carbocycles. The first-order valence-corrected chi connectivity index (χ1v) is 7.60. The predicted molar refractivity (Wildman–Crippen MR) is 80.9 cm³/mol. The van der Waals surface area contributed by atoms with Crippen LogP contribution < -0.4 is 10.2 Å². The van der Waals surface area contributed by atoms with E-state index in [0.29, 0.717) is 6.04 Å². The normalized spacial score (nSPS) is 26.5. The third-order valence-corrected chi connectivity index (χ3v) is 4.71. The largest absolute Gasteiger partial charge is 0.356 e. The van der Waals surface area contributed by atoms with Crippen molar-refractivity contribution in [2.75, 3.05) is 24.5 Å². The van der Waals surface area contributed by atoms with Crippen molar-refractivity contribution in [2.45, 2.75) is 25.3 Å². The van der Waals surface area contributed by atoms with Gasteiger partial charge in [0.2, 0.25) is 0 Å². The number of hydrogen-bond donors (Lipinski definition) is 1. The van der Waals surface area contributed by atoms with Crippen LogP contribution in [0.1, 0.15) is 19.3 Å². The zero-order chi connectivity index (χ0) is 13.4. The van der Waals surface area contributed by atoms with Crippen LogP contribution in [0.2, 0.25) is 0 Å². The van der Waals surface area contributed by atoms with Crippen LogP contribution in [0.5, 0.6) is 0 Å². The number of aromatic nitrogens is 2. The van der Waals surface area contributed by atoms with Gasteiger partial charge in [0.1, 0.15) is 12.1 Å². The van der Waals surface area contributed by atoms with Crippen molar-refractivity contribution in [3.05, 3.63) is 30.6 Å². The van der Waals surface area contributed by atoms with E-state index in [0.717, 1.165) is 30.3 Å². The van der Waals surface area contributed by atoms with Crippen molar-refractivity contribution in [2.24, 2.45) is 5.92 Å². The number of piperidine rings is 2. The molecule has 0 spiro atoms. The first kappa shape index (κ1) is 12.1. The number of benzene rings is 1. The summed E-state index contributed by atoms with van der Waals surface area (Å²) in [4.78, 5) is 11.4. The monoisotopic (exact) mass is 268 g/mol. The van der Waals surface area contributed by atoms with Crippen LogP contribution in [-0.2, 0) is 0 Å². The molecule has 104 valence electrons. The minimum atomic E-state index is 0.716. The van der Waals surface area contributed by atoms with Crippen LogP contribution in [0.3, 0.4) is 0 Å². The number of fused-ring (bicyclic) bond motifs is 2. The van der Waals surface area contributed by atoms with Gasteiger partial charge in [-0.2, -0.15) is 0 Å². The summed E-state index contributed by atoms with van der Waals surface area (Å²) in [5.74, 6) is 1.88. The zero-order valence-electron chi connectivity index (χ0n) is 11.6. The molecular weight excluding hydrogens is 248 g/mol. The molecule has 2 aliphatic heterocycles. The van der Waals surface area contributed by atoms with E-state index < -0.39 is 0 Å². The van der Waals surface area contributed by atoms with Crippen molar-refractivity contribution in [3.63, 3.8) is 0 Å². The fraction of sp³-hybridized carbons (Fsp3) is 0.500. The lowest BCUT2D eigenvalue weighted by Crippen LogP contribution is -2.52. The molecule has 1 aromatic heterocycles. The van der Waals surface area contributed by atoms with Crippen LogP contribution in [0.15, 0.2) is 30.6 Å². The number of hydrogen-bond acceptors (Lipinski definition) is 4. The molecule has 0 aliphatic carbocycles. The summed E-state index contributed by atoms with van der Waals surface area (Å²) in [5.41, 5.74) is 1.04. The van der Waals surface area contributed by atoms with Crippen LogP contribution in [0.4, 0.5) is 5.82 Å². The smallest absolute Gasteiger partial charge is 0.139 e. The van der Waals surface area contributed by atoms with Crippen molar-refractivity contribution >= 4 is 16.7 Å². The molecule has 4 nitrogen and oxygen atoms in total. The Labute approximate surface area is 119 Å².